The number of para-hydroxylation sites is 1. The van der Waals surface area contributed by atoms with E-state index >= 15 is 0 Å². The highest BCUT2D eigenvalue weighted by atomic mass is 79.9. The number of fused-ring (bicyclic) bond motifs is 5. The van der Waals surface area contributed by atoms with Crippen LogP contribution in [0.5, 0.6) is 5.75 Å². The van der Waals surface area contributed by atoms with Gasteiger partial charge in [0.05, 0.1) is 5.54 Å². The van der Waals surface area contributed by atoms with E-state index in [1.807, 2.05) is 12.1 Å². The van der Waals surface area contributed by atoms with Crippen LogP contribution in [0.1, 0.15) is 37.5 Å². The molecule has 0 radical (unpaired) electrons. The lowest BCUT2D eigenvalue weighted by Crippen LogP contribution is -2.32. The maximum atomic E-state index is 6.45. The van der Waals surface area contributed by atoms with Crippen LogP contribution in [-0.2, 0) is 0 Å². The summed E-state index contributed by atoms with van der Waals surface area (Å²) in [5.74, 6) is 1.78. The van der Waals surface area contributed by atoms with E-state index < -0.39 is 0 Å². The van der Waals surface area contributed by atoms with Gasteiger partial charge in [-0.25, -0.2) is 0 Å². The van der Waals surface area contributed by atoms with Crippen molar-refractivity contribution >= 4 is 39.0 Å². The first kappa shape index (κ1) is 18.3. The van der Waals surface area contributed by atoms with Crippen LogP contribution in [0.2, 0.25) is 0 Å². The fourth-order valence-electron chi connectivity index (χ4n) is 4.35. The standard InChI is InChI=1S/C26H22BrNO/c1-16-15-26(2,3)28-21-13-12-20-19-6-4-5-7-22(19)29-23(25(20)24(16)21)14-17-8-10-18(27)11-9-17/h4-15,28H,1-3H3. The van der Waals surface area contributed by atoms with Crippen molar-refractivity contribution in [1.29, 1.82) is 0 Å². The summed E-state index contributed by atoms with van der Waals surface area (Å²) in [6, 6.07) is 21.0. The van der Waals surface area contributed by atoms with Gasteiger partial charge in [-0.15, -0.1) is 0 Å². The Kier molecular flexibility index (Phi) is 4.18. The molecule has 0 saturated heterocycles. The van der Waals surface area contributed by atoms with Gasteiger partial charge in [0, 0.05) is 26.9 Å². The summed E-state index contributed by atoms with van der Waals surface area (Å²) in [6.07, 6.45) is 4.43. The quantitative estimate of drug-likeness (QED) is 0.417. The molecule has 2 heterocycles. The fraction of sp³-hybridized carbons (Fsp3) is 0.154. The Balaban J connectivity index is 1.78. The van der Waals surface area contributed by atoms with Gasteiger partial charge in [0.15, 0.2) is 0 Å². The average Bonchev–Trinajstić information content (AvgIpc) is 2.68. The zero-order valence-corrected chi connectivity index (χ0v) is 18.3. The Morgan fingerprint density at radius 3 is 2.45 bits per heavy atom. The maximum absolute atomic E-state index is 6.45. The second-order valence-corrected chi connectivity index (χ2v) is 9.16. The Labute approximate surface area is 180 Å². The normalized spacial score (nSPS) is 17.4. The number of rotatable bonds is 1. The van der Waals surface area contributed by atoms with Crippen LogP contribution in [0, 0.1) is 0 Å². The summed E-state index contributed by atoms with van der Waals surface area (Å²) in [6.45, 7) is 6.59. The lowest BCUT2D eigenvalue weighted by atomic mass is 9.83. The zero-order chi connectivity index (χ0) is 20.2. The predicted octanol–water partition coefficient (Wildman–Crippen LogP) is 7.61. The van der Waals surface area contributed by atoms with Crippen molar-refractivity contribution in [3.05, 3.63) is 87.9 Å². The third-order valence-corrected chi connectivity index (χ3v) is 5.97. The summed E-state index contributed by atoms with van der Waals surface area (Å²) in [4.78, 5) is 0. The van der Waals surface area contributed by atoms with Gasteiger partial charge in [0.2, 0.25) is 0 Å². The topological polar surface area (TPSA) is 21.3 Å². The van der Waals surface area contributed by atoms with E-state index in [1.165, 1.54) is 16.7 Å². The monoisotopic (exact) mass is 443 g/mol. The molecule has 3 heteroatoms. The smallest absolute Gasteiger partial charge is 0.136 e. The number of ether oxygens (including phenoxy) is 1. The summed E-state index contributed by atoms with van der Waals surface area (Å²) < 4.78 is 7.52. The van der Waals surface area contributed by atoms with Gasteiger partial charge in [0.1, 0.15) is 11.5 Å². The summed E-state index contributed by atoms with van der Waals surface area (Å²) in [5.41, 5.74) is 8.18. The lowest BCUT2D eigenvalue weighted by molar-refractivity contribution is 0.514. The first-order valence-electron chi connectivity index (χ1n) is 9.81. The van der Waals surface area contributed by atoms with Gasteiger partial charge in [0.25, 0.3) is 0 Å². The number of halogens is 1. The van der Waals surface area contributed by atoms with E-state index in [0.717, 1.165) is 38.4 Å². The van der Waals surface area contributed by atoms with E-state index in [-0.39, 0.29) is 5.54 Å². The molecule has 0 aromatic heterocycles. The number of nitrogens with one attached hydrogen (secondary N) is 1. The van der Waals surface area contributed by atoms with Crippen LogP contribution in [0.3, 0.4) is 0 Å². The van der Waals surface area contributed by atoms with Crippen LogP contribution in [0.4, 0.5) is 5.69 Å². The fourth-order valence-corrected chi connectivity index (χ4v) is 4.62. The van der Waals surface area contributed by atoms with E-state index in [9.17, 15) is 0 Å². The molecular formula is C26H22BrNO. The Morgan fingerprint density at radius 2 is 1.66 bits per heavy atom. The van der Waals surface area contributed by atoms with Crippen LogP contribution in [-0.4, -0.2) is 5.54 Å². The van der Waals surface area contributed by atoms with Crippen LogP contribution < -0.4 is 10.1 Å². The summed E-state index contributed by atoms with van der Waals surface area (Å²) in [7, 11) is 0. The van der Waals surface area contributed by atoms with Gasteiger partial charge >= 0.3 is 0 Å². The van der Waals surface area contributed by atoms with Gasteiger partial charge in [-0.3, -0.25) is 0 Å². The lowest BCUT2D eigenvalue weighted by Gasteiger charge is -2.35. The minimum Gasteiger partial charge on any atom is -0.456 e. The van der Waals surface area contributed by atoms with Crippen LogP contribution in [0.15, 0.2) is 71.2 Å². The average molecular weight is 444 g/mol. The number of hydrogen-bond donors (Lipinski definition) is 1. The highest BCUT2D eigenvalue weighted by Gasteiger charge is 2.30. The van der Waals surface area contributed by atoms with Gasteiger partial charge in [-0.2, -0.15) is 0 Å². The highest BCUT2D eigenvalue weighted by molar-refractivity contribution is 9.10. The molecule has 2 aliphatic heterocycles. The minimum absolute atomic E-state index is 0.0751. The molecule has 3 aromatic carbocycles. The number of anilines is 1. The summed E-state index contributed by atoms with van der Waals surface area (Å²) >= 11 is 3.52. The van der Waals surface area contributed by atoms with Crippen LogP contribution >= 0.6 is 15.9 Å². The van der Waals surface area contributed by atoms with Gasteiger partial charge in [-0.05, 0) is 67.8 Å². The van der Waals surface area contributed by atoms with E-state index in [0.29, 0.717) is 0 Å². The first-order chi connectivity index (χ1) is 13.9. The Bertz CT molecular complexity index is 1190. The highest BCUT2D eigenvalue weighted by Crippen LogP contribution is 2.49. The Morgan fingerprint density at radius 1 is 0.897 bits per heavy atom. The third-order valence-electron chi connectivity index (χ3n) is 5.45. The van der Waals surface area contributed by atoms with E-state index in [2.05, 4.69) is 103 Å². The molecule has 0 spiro atoms. The molecular weight excluding hydrogens is 422 g/mol. The molecule has 0 amide bonds. The zero-order valence-electron chi connectivity index (χ0n) is 16.7. The first-order valence-corrected chi connectivity index (χ1v) is 10.6. The molecule has 0 saturated carbocycles. The molecule has 5 rings (SSSR count). The predicted molar refractivity (Wildman–Crippen MR) is 126 cm³/mol. The third kappa shape index (κ3) is 3.20. The van der Waals surface area contributed by atoms with Crippen molar-refractivity contribution < 1.29 is 4.74 Å². The van der Waals surface area contributed by atoms with Gasteiger partial charge in [-0.1, -0.05) is 58.4 Å². The SMILES string of the molecule is CC1=CC(C)(C)Nc2ccc3c(c21)C(=Cc1ccc(Br)cc1)Oc1ccccc1-3. The van der Waals surface area contributed by atoms with Crippen molar-refractivity contribution in [3.8, 4) is 16.9 Å². The maximum Gasteiger partial charge on any atom is 0.136 e. The molecule has 2 aliphatic rings. The van der Waals surface area contributed by atoms with Crippen molar-refractivity contribution in [2.45, 2.75) is 26.3 Å². The molecule has 0 bridgehead atoms. The molecule has 144 valence electrons. The second kappa shape index (κ2) is 6.64. The number of hydrogen-bond acceptors (Lipinski definition) is 2. The van der Waals surface area contributed by atoms with E-state index in [4.69, 9.17) is 4.74 Å². The van der Waals surface area contributed by atoms with Crippen molar-refractivity contribution in [2.75, 3.05) is 5.32 Å². The molecule has 3 aromatic rings. The largest absolute Gasteiger partial charge is 0.456 e. The van der Waals surface area contributed by atoms with Crippen molar-refractivity contribution in [3.63, 3.8) is 0 Å². The van der Waals surface area contributed by atoms with Crippen molar-refractivity contribution in [1.82, 2.24) is 0 Å². The number of benzene rings is 3. The molecule has 0 atom stereocenters. The number of allylic oxidation sites excluding steroid dienone is 1. The second-order valence-electron chi connectivity index (χ2n) is 8.24. The molecule has 29 heavy (non-hydrogen) atoms. The van der Waals surface area contributed by atoms with E-state index in [1.54, 1.807) is 0 Å². The molecule has 1 N–H and O–H groups in total. The minimum atomic E-state index is -0.0751. The molecule has 0 fully saturated rings. The van der Waals surface area contributed by atoms with Crippen molar-refractivity contribution in [2.24, 2.45) is 0 Å². The summed E-state index contributed by atoms with van der Waals surface area (Å²) in [5, 5.41) is 3.67. The molecule has 0 unspecified atom stereocenters. The molecule has 0 aliphatic carbocycles. The van der Waals surface area contributed by atoms with Crippen LogP contribution in [0.25, 0.3) is 28.5 Å². The Hall–Kier alpha value is -2.78. The van der Waals surface area contributed by atoms with Gasteiger partial charge < -0.3 is 10.1 Å². The molecule has 2 nitrogen and oxygen atoms in total.